The predicted octanol–water partition coefficient (Wildman–Crippen LogP) is 4.15. The summed E-state index contributed by atoms with van der Waals surface area (Å²) in [5.74, 6) is -1.37. The predicted molar refractivity (Wildman–Crippen MR) is 151 cm³/mol. The lowest BCUT2D eigenvalue weighted by atomic mass is 10.0. The number of carbonyl (C=O) groups is 3. The Kier molecular flexibility index (Phi) is 9.19. The number of nitrogens with one attached hydrogen (secondary N) is 1. The Balaban J connectivity index is 1.62. The van der Waals surface area contributed by atoms with E-state index in [0.29, 0.717) is 6.54 Å². The minimum atomic E-state index is -4.05. The summed E-state index contributed by atoms with van der Waals surface area (Å²) in [4.78, 5) is 41.5. The van der Waals surface area contributed by atoms with E-state index < -0.39 is 27.9 Å². The lowest BCUT2D eigenvalue weighted by molar-refractivity contribution is -0.141. The van der Waals surface area contributed by atoms with E-state index >= 15 is 0 Å². The second kappa shape index (κ2) is 12.6. The fraction of sp³-hybridized carbons (Fsp3) is 0.276. The van der Waals surface area contributed by atoms with Crippen molar-refractivity contribution < 1.29 is 22.8 Å². The molecule has 3 amide bonds. The van der Waals surface area contributed by atoms with E-state index in [-0.39, 0.29) is 42.3 Å². The zero-order valence-electron chi connectivity index (χ0n) is 21.5. The average Bonchev–Trinajstić information content (AvgIpc) is 3.14. The van der Waals surface area contributed by atoms with Gasteiger partial charge >= 0.3 is 0 Å². The number of hydrogen-bond donors (Lipinski definition) is 1. The molecule has 4 rings (SSSR count). The Hall–Kier alpha value is -3.50. The second-order valence-electron chi connectivity index (χ2n) is 9.27. The number of sulfonamides is 1. The topological polar surface area (TPSA) is 104 Å². The van der Waals surface area contributed by atoms with Crippen LogP contribution in [0.3, 0.4) is 0 Å². The van der Waals surface area contributed by atoms with Crippen LogP contribution < -0.4 is 5.32 Å². The first-order valence-electron chi connectivity index (χ1n) is 12.7. The van der Waals surface area contributed by atoms with E-state index in [2.05, 4.69) is 21.2 Å². The SMILES string of the molecule is CCCNC(=O)[C@H](Cc1ccccc1)N(Cc1ccc(Br)cc1)C(=O)CCN1C(=O)c2ccccc2S1(=O)=O. The van der Waals surface area contributed by atoms with Crippen LogP contribution in [-0.2, 0) is 32.6 Å². The summed E-state index contributed by atoms with van der Waals surface area (Å²) in [7, 11) is -4.05. The normalized spacial score (nSPS) is 14.5. The first-order chi connectivity index (χ1) is 18.7. The number of fused-ring (bicyclic) bond motifs is 1. The van der Waals surface area contributed by atoms with Gasteiger partial charge in [0.15, 0.2) is 0 Å². The third kappa shape index (κ3) is 6.57. The van der Waals surface area contributed by atoms with Crippen LogP contribution in [0.4, 0.5) is 0 Å². The number of carbonyl (C=O) groups excluding carboxylic acids is 3. The van der Waals surface area contributed by atoms with Gasteiger partial charge in [0.2, 0.25) is 11.8 Å². The molecule has 3 aromatic carbocycles. The number of hydrogen-bond acceptors (Lipinski definition) is 5. The highest BCUT2D eigenvalue weighted by molar-refractivity contribution is 9.10. The molecular formula is C29H30BrN3O5S. The summed E-state index contributed by atoms with van der Waals surface area (Å²) in [5.41, 5.74) is 1.79. The van der Waals surface area contributed by atoms with Crippen molar-refractivity contribution in [3.05, 3.63) is 100 Å². The number of nitrogens with zero attached hydrogens (tertiary/aromatic N) is 2. The quantitative estimate of drug-likeness (QED) is 0.351. The molecule has 0 spiro atoms. The molecule has 1 atom stereocenters. The summed E-state index contributed by atoms with van der Waals surface area (Å²) >= 11 is 3.42. The molecule has 0 saturated carbocycles. The molecule has 10 heteroatoms. The highest BCUT2D eigenvalue weighted by Gasteiger charge is 2.41. The van der Waals surface area contributed by atoms with Gasteiger partial charge in [0, 0.05) is 36.9 Å². The molecule has 8 nitrogen and oxygen atoms in total. The molecule has 0 saturated heterocycles. The van der Waals surface area contributed by atoms with Gasteiger partial charge in [-0.3, -0.25) is 14.4 Å². The standard InChI is InChI=1S/C29H30BrN3O5S/c1-2-17-31-28(35)25(19-21-8-4-3-5-9-21)32(20-22-12-14-23(30)15-13-22)27(34)16-18-33-29(36)24-10-6-7-11-26(24)39(33,37)38/h3-15,25H,2,16-20H2,1H3,(H,31,35)/t25-/m0/s1. The van der Waals surface area contributed by atoms with E-state index in [9.17, 15) is 22.8 Å². The molecule has 0 unspecified atom stereocenters. The average molecular weight is 613 g/mol. The summed E-state index contributed by atoms with van der Waals surface area (Å²) < 4.78 is 27.7. The first-order valence-corrected chi connectivity index (χ1v) is 15.0. The van der Waals surface area contributed by atoms with Crippen LogP contribution in [0, 0.1) is 0 Å². The van der Waals surface area contributed by atoms with Crippen LogP contribution in [0.15, 0.2) is 88.2 Å². The lowest BCUT2D eigenvalue weighted by Crippen LogP contribution is -2.51. The summed E-state index contributed by atoms with van der Waals surface area (Å²) in [5, 5.41) is 2.91. The Labute approximate surface area is 237 Å². The Bertz CT molecular complexity index is 1450. The molecule has 1 N–H and O–H groups in total. The van der Waals surface area contributed by atoms with Gasteiger partial charge in [-0.2, -0.15) is 0 Å². The Morgan fingerprint density at radius 3 is 2.28 bits per heavy atom. The van der Waals surface area contributed by atoms with Crippen LogP contribution in [-0.4, -0.2) is 54.5 Å². The zero-order chi connectivity index (χ0) is 28.0. The van der Waals surface area contributed by atoms with Gasteiger partial charge in [0.25, 0.3) is 15.9 Å². The molecule has 39 heavy (non-hydrogen) atoms. The molecular weight excluding hydrogens is 582 g/mol. The van der Waals surface area contributed by atoms with Gasteiger partial charge in [-0.05, 0) is 41.8 Å². The molecule has 0 bridgehead atoms. The fourth-order valence-corrected chi connectivity index (χ4v) is 6.33. The first kappa shape index (κ1) is 28.5. The summed E-state index contributed by atoms with van der Waals surface area (Å²) in [6, 6.07) is 22.0. The highest BCUT2D eigenvalue weighted by Crippen LogP contribution is 2.30. The van der Waals surface area contributed by atoms with Crippen molar-refractivity contribution in [2.75, 3.05) is 13.1 Å². The number of benzene rings is 3. The third-order valence-electron chi connectivity index (χ3n) is 6.53. The van der Waals surface area contributed by atoms with Crippen LogP contribution in [0.25, 0.3) is 0 Å². The van der Waals surface area contributed by atoms with Gasteiger partial charge in [-0.25, -0.2) is 12.7 Å². The molecule has 0 aromatic heterocycles. The third-order valence-corrected chi connectivity index (χ3v) is 8.90. The van der Waals surface area contributed by atoms with E-state index in [1.165, 1.54) is 17.0 Å². The Morgan fingerprint density at radius 1 is 0.949 bits per heavy atom. The summed E-state index contributed by atoms with van der Waals surface area (Å²) in [6.07, 6.45) is 0.757. The van der Waals surface area contributed by atoms with Crippen molar-refractivity contribution in [3.63, 3.8) is 0 Å². The highest BCUT2D eigenvalue weighted by atomic mass is 79.9. The molecule has 3 aromatic rings. The van der Waals surface area contributed by atoms with E-state index in [4.69, 9.17) is 0 Å². The van der Waals surface area contributed by atoms with Crippen molar-refractivity contribution in [2.45, 2.75) is 43.7 Å². The minimum Gasteiger partial charge on any atom is -0.354 e. The minimum absolute atomic E-state index is 0.0601. The molecule has 1 heterocycles. The van der Waals surface area contributed by atoms with Crippen LogP contribution >= 0.6 is 15.9 Å². The lowest BCUT2D eigenvalue weighted by Gasteiger charge is -2.32. The van der Waals surface area contributed by atoms with Crippen molar-refractivity contribution in [1.82, 2.24) is 14.5 Å². The fourth-order valence-electron chi connectivity index (χ4n) is 4.50. The van der Waals surface area contributed by atoms with E-state index in [1.54, 1.807) is 12.1 Å². The zero-order valence-corrected chi connectivity index (χ0v) is 23.9. The van der Waals surface area contributed by atoms with Gasteiger partial charge in [0.1, 0.15) is 10.9 Å². The number of rotatable bonds is 11. The summed E-state index contributed by atoms with van der Waals surface area (Å²) in [6.45, 7) is 2.23. The van der Waals surface area contributed by atoms with Gasteiger partial charge in [-0.1, -0.05) is 77.5 Å². The number of halogens is 1. The second-order valence-corrected chi connectivity index (χ2v) is 12.0. The molecule has 1 aliphatic heterocycles. The van der Waals surface area contributed by atoms with Crippen molar-refractivity contribution in [1.29, 1.82) is 0 Å². The van der Waals surface area contributed by atoms with Gasteiger partial charge in [0.05, 0.1) is 5.56 Å². The van der Waals surface area contributed by atoms with E-state index in [1.807, 2.05) is 61.5 Å². The Morgan fingerprint density at radius 2 is 1.62 bits per heavy atom. The maximum atomic E-state index is 13.8. The maximum absolute atomic E-state index is 13.8. The van der Waals surface area contributed by atoms with Crippen LogP contribution in [0.5, 0.6) is 0 Å². The van der Waals surface area contributed by atoms with Crippen LogP contribution in [0.1, 0.15) is 41.3 Å². The smallest absolute Gasteiger partial charge is 0.269 e. The molecule has 0 aliphatic carbocycles. The largest absolute Gasteiger partial charge is 0.354 e. The van der Waals surface area contributed by atoms with E-state index in [0.717, 1.165) is 26.3 Å². The van der Waals surface area contributed by atoms with Gasteiger partial charge < -0.3 is 10.2 Å². The number of amides is 3. The maximum Gasteiger partial charge on any atom is 0.269 e. The van der Waals surface area contributed by atoms with Crippen molar-refractivity contribution >= 4 is 43.7 Å². The van der Waals surface area contributed by atoms with Crippen molar-refractivity contribution in [2.24, 2.45) is 0 Å². The van der Waals surface area contributed by atoms with Crippen LogP contribution in [0.2, 0.25) is 0 Å². The molecule has 0 fully saturated rings. The molecule has 1 aliphatic rings. The van der Waals surface area contributed by atoms with Crippen molar-refractivity contribution in [3.8, 4) is 0 Å². The molecule has 0 radical (unpaired) electrons. The monoisotopic (exact) mass is 611 g/mol. The van der Waals surface area contributed by atoms with Gasteiger partial charge in [-0.15, -0.1) is 0 Å². The molecule has 204 valence electrons.